The molecule has 0 saturated heterocycles. The van der Waals surface area contributed by atoms with Crippen LogP contribution in [0.4, 0.5) is 4.39 Å². The maximum Gasteiger partial charge on any atom is 0.248 e. The second-order valence-electron chi connectivity index (χ2n) is 6.87. The molecule has 1 aromatic heterocycles. The van der Waals surface area contributed by atoms with Gasteiger partial charge in [-0.1, -0.05) is 6.07 Å². The van der Waals surface area contributed by atoms with Crippen LogP contribution in [-0.4, -0.2) is 21.7 Å². The molecule has 3 atom stereocenters. The molecule has 1 N–H and O–H groups in total. The molecular formula is C17H15BrFN3O. The molecule has 1 heterocycles. The highest BCUT2D eigenvalue weighted by molar-refractivity contribution is 9.10. The molecule has 2 fully saturated rings. The predicted octanol–water partition coefficient (Wildman–Crippen LogP) is 2.73. The first kappa shape index (κ1) is 13.7. The van der Waals surface area contributed by atoms with Crippen LogP contribution in [0.15, 0.2) is 35.1 Å². The molecule has 3 unspecified atom stereocenters. The largest absolute Gasteiger partial charge is 0.350 e. The number of fused-ring (bicyclic) bond motifs is 3. The van der Waals surface area contributed by atoms with E-state index in [1.165, 1.54) is 11.6 Å². The van der Waals surface area contributed by atoms with E-state index >= 15 is 0 Å². The summed E-state index contributed by atoms with van der Waals surface area (Å²) in [5.74, 6) is 0.675. The lowest BCUT2D eigenvalue weighted by atomic mass is 10.0. The highest BCUT2D eigenvalue weighted by Gasteiger charge is 2.60. The number of hydrogen-bond acceptors (Lipinski definition) is 2. The Morgan fingerprint density at radius 1 is 1.43 bits per heavy atom. The van der Waals surface area contributed by atoms with Crippen molar-refractivity contribution < 1.29 is 9.18 Å². The first-order valence-corrected chi connectivity index (χ1v) is 8.68. The monoisotopic (exact) mass is 375 g/mol. The Bertz CT molecular complexity index is 829. The van der Waals surface area contributed by atoms with E-state index in [-0.39, 0.29) is 17.8 Å². The molecule has 1 aromatic carbocycles. The number of benzene rings is 1. The maximum absolute atomic E-state index is 13.3. The Hall–Kier alpha value is -1.69. The van der Waals surface area contributed by atoms with Gasteiger partial charge in [0.1, 0.15) is 11.4 Å². The summed E-state index contributed by atoms with van der Waals surface area (Å²) in [5, 5.41) is 7.50. The first-order valence-electron chi connectivity index (χ1n) is 7.88. The summed E-state index contributed by atoms with van der Waals surface area (Å²) >= 11 is 3.38. The fourth-order valence-corrected chi connectivity index (χ4v) is 4.36. The molecule has 118 valence electrons. The van der Waals surface area contributed by atoms with Crippen LogP contribution in [0.1, 0.15) is 29.9 Å². The number of carbonyl (C=O) groups excluding carboxylic acids is 1. The molecule has 2 saturated carbocycles. The molecule has 5 rings (SSSR count). The van der Waals surface area contributed by atoms with E-state index in [1.807, 2.05) is 12.3 Å². The average molecular weight is 376 g/mol. The van der Waals surface area contributed by atoms with Crippen LogP contribution in [0.25, 0.3) is 0 Å². The van der Waals surface area contributed by atoms with Crippen LogP contribution in [-0.2, 0) is 16.8 Å². The van der Waals surface area contributed by atoms with E-state index in [2.05, 4.69) is 26.3 Å². The van der Waals surface area contributed by atoms with E-state index in [9.17, 15) is 9.18 Å². The topological polar surface area (TPSA) is 46.9 Å². The van der Waals surface area contributed by atoms with Crippen molar-refractivity contribution in [2.45, 2.75) is 36.8 Å². The minimum atomic E-state index is -0.505. The van der Waals surface area contributed by atoms with Crippen LogP contribution in [0.3, 0.4) is 0 Å². The van der Waals surface area contributed by atoms with Crippen molar-refractivity contribution in [2.75, 3.05) is 0 Å². The van der Waals surface area contributed by atoms with Gasteiger partial charge in [-0.2, -0.15) is 5.10 Å². The number of rotatable bonds is 3. The van der Waals surface area contributed by atoms with E-state index in [0.717, 1.165) is 29.3 Å². The quantitative estimate of drug-likeness (QED) is 0.896. The van der Waals surface area contributed by atoms with E-state index in [1.54, 1.807) is 16.9 Å². The van der Waals surface area contributed by atoms with E-state index in [4.69, 9.17) is 0 Å². The average Bonchev–Trinajstić information content (AvgIpc) is 3.36. The number of amides is 1. The minimum Gasteiger partial charge on any atom is -0.350 e. The summed E-state index contributed by atoms with van der Waals surface area (Å²) in [6.07, 6.45) is 6.10. The molecule has 0 bridgehead atoms. The van der Waals surface area contributed by atoms with Gasteiger partial charge in [0.05, 0.1) is 10.7 Å². The smallest absolute Gasteiger partial charge is 0.248 e. The van der Waals surface area contributed by atoms with Gasteiger partial charge in [-0.15, -0.1) is 0 Å². The Kier molecular flexibility index (Phi) is 2.65. The summed E-state index contributed by atoms with van der Waals surface area (Å²) in [6, 6.07) is 5.21. The van der Waals surface area contributed by atoms with Gasteiger partial charge in [-0.3, -0.25) is 9.48 Å². The normalized spacial score (nSPS) is 28.9. The fourth-order valence-electron chi connectivity index (χ4n) is 4.08. The number of halogens is 2. The third-order valence-corrected chi connectivity index (χ3v) is 5.93. The molecule has 0 aliphatic heterocycles. The zero-order valence-electron chi connectivity index (χ0n) is 12.3. The maximum atomic E-state index is 13.3. The molecule has 2 aromatic rings. The zero-order valence-corrected chi connectivity index (χ0v) is 13.9. The highest BCUT2D eigenvalue weighted by atomic mass is 79.9. The van der Waals surface area contributed by atoms with Gasteiger partial charge in [0, 0.05) is 18.2 Å². The molecule has 0 radical (unpaired) electrons. The van der Waals surface area contributed by atoms with Crippen molar-refractivity contribution in [1.82, 2.24) is 15.1 Å². The third-order valence-electron chi connectivity index (χ3n) is 5.52. The van der Waals surface area contributed by atoms with Crippen molar-refractivity contribution in [3.63, 3.8) is 0 Å². The highest BCUT2D eigenvalue weighted by Crippen LogP contribution is 2.57. The van der Waals surface area contributed by atoms with E-state index in [0.29, 0.717) is 11.8 Å². The molecule has 6 heteroatoms. The fraction of sp³-hybridized carbons (Fsp3) is 0.412. The molecule has 23 heavy (non-hydrogen) atoms. The number of nitrogens with one attached hydrogen (secondary N) is 1. The molecular weight excluding hydrogens is 361 g/mol. The summed E-state index contributed by atoms with van der Waals surface area (Å²) < 4.78 is 15.9. The summed E-state index contributed by atoms with van der Waals surface area (Å²) in [4.78, 5) is 12.7. The summed E-state index contributed by atoms with van der Waals surface area (Å²) in [6.45, 7) is 0. The van der Waals surface area contributed by atoms with Gasteiger partial charge < -0.3 is 5.32 Å². The van der Waals surface area contributed by atoms with Crippen LogP contribution in [0, 0.1) is 11.7 Å². The summed E-state index contributed by atoms with van der Waals surface area (Å²) in [5.41, 5.74) is 1.80. The molecule has 0 spiro atoms. The summed E-state index contributed by atoms with van der Waals surface area (Å²) in [7, 11) is 0. The van der Waals surface area contributed by atoms with Crippen LogP contribution in [0.2, 0.25) is 0 Å². The van der Waals surface area contributed by atoms with Gasteiger partial charge in [0.25, 0.3) is 0 Å². The Morgan fingerprint density at radius 3 is 2.96 bits per heavy atom. The molecule has 4 nitrogen and oxygen atoms in total. The second-order valence-corrected chi connectivity index (χ2v) is 7.79. The predicted molar refractivity (Wildman–Crippen MR) is 85.4 cm³/mol. The van der Waals surface area contributed by atoms with Crippen LogP contribution in [0.5, 0.6) is 0 Å². The minimum absolute atomic E-state index is 0.0659. The van der Waals surface area contributed by atoms with Crippen molar-refractivity contribution in [3.8, 4) is 0 Å². The van der Waals surface area contributed by atoms with Gasteiger partial charge in [-0.25, -0.2) is 4.39 Å². The Morgan fingerprint density at radius 2 is 2.26 bits per heavy atom. The molecule has 3 aliphatic carbocycles. The lowest BCUT2D eigenvalue weighted by molar-refractivity contribution is -0.126. The van der Waals surface area contributed by atoms with Gasteiger partial charge >= 0.3 is 0 Å². The van der Waals surface area contributed by atoms with Crippen LogP contribution < -0.4 is 5.32 Å². The molecule has 1 amide bonds. The first-order chi connectivity index (χ1) is 11.1. The second kappa shape index (κ2) is 4.44. The SMILES string of the molecule is O=C(NC1C2Cc3cc(F)ccc3C21)C1(n2cc(Br)cn2)CC1. The van der Waals surface area contributed by atoms with Gasteiger partial charge in [0.15, 0.2) is 0 Å². The standard InChI is InChI=1S/C17H15BrFN3O/c18-10-7-20-22(8-10)17(3-4-17)16(23)21-15-13-6-9-5-11(19)1-2-12(9)14(13)15/h1-2,5,7-8,13-15H,3-4,6H2,(H,21,23). The van der Waals surface area contributed by atoms with E-state index < -0.39 is 5.54 Å². The van der Waals surface area contributed by atoms with Crippen molar-refractivity contribution in [3.05, 3.63) is 52.0 Å². The zero-order chi connectivity index (χ0) is 15.8. The number of hydrogen-bond donors (Lipinski definition) is 1. The van der Waals surface area contributed by atoms with Gasteiger partial charge in [-0.05, 0) is 64.4 Å². The van der Waals surface area contributed by atoms with Crippen molar-refractivity contribution in [2.24, 2.45) is 5.92 Å². The Balaban J connectivity index is 1.33. The number of carbonyl (C=O) groups is 1. The lowest BCUT2D eigenvalue weighted by Gasteiger charge is -2.17. The Labute approximate surface area is 141 Å². The number of nitrogens with zero attached hydrogens (tertiary/aromatic N) is 2. The van der Waals surface area contributed by atoms with Gasteiger partial charge in [0.2, 0.25) is 5.91 Å². The lowest BCUT2D eigenvalue weighted by Crippen LogP contribution is -2.41. The number of aromatic nitrogens is 2. The molecule has 3 aliphatic rings. The van der Waals surface area contributed by atoms with Crippen molar-refractivity contribution in [1.29, 1.82) is 0 Å². The van der Waals surface area contributed by atoms with Crippen LogP contribution >= 0.6 is 15.9 Å². The van der Waals surface area contributed by atoms with Crippen molar-refractivity contribution >= 4 is 21.8 Å². The third kappa shape index (κ3) is 1.94.